The molecule has 1 atom stereocenters. The van der Waals surface area contributed by atoms with Crippen molar-refractivity contribution in [2.45, 2.75) is 32.7 Å². The third-order valence-corrected chi connectivity index (χ3v) is 6.62. The van der Waals surface area contributed by atoms with Crippen LogP contribution in [0.25, 0.3) is 22.6 Å². The molecule has 1 unspecified atom stereocenters. The van der Waals surface area contributed by atoms with Crippen LogP contribution in [0.2, 0.25) is 0 Å². The fourth-order valence-corrected chi connectivity index (χ4v) is 5.05. The minimum atomic E-state index is -0.0931. The number of nitrogens with zero attached hydrogens (tertiary/aromatic N) is 7. The molecule has 0 spiro atoms. The fraction of sp³-hybridized carbons (Fsp3) is 0.391. The molecule has 6 heterocycles. The molecule has 2 aliphatic rings. The van der Waals surface area contributed by atoms with Gasteiger partial charge in [-0.2, -0.15) is 5.10 Å². The lowest BCUT2D eigenvalue weighted by molar-refractivity contribution is 0.231. The van der Waals surface area contributed by atoms with Gasteiger partial charge in [0, 0.05) is 37.9 Å². The predicted molar refractivity (Wildman–Crippen MR) is 120 cm³/mol. The van der Waals surface area contributed by atoms with Gasteiger partial charge in [0.05, 0.1) is 34.5 Å². The third kappa shape index (κ3) is 3.09. The molecule has 6 rings (SSSR count). The molecule has 31 heavy (non-hydrogen) atoms. The Bertz CT molecular complexity index is 1370. The van der Waals surface area contributed by atoms with Crippen molar-refractivity contribution in [1.29, 1.82) is 0 Å². The van der Waals surface area contributed by atoms with E-state index in [1.165, 1.54) is 19.4 Å². The topological polar surface area (TPSA) is 71.0 Å². The van der Waals surface area contributed by atoms with Gasteiger partial charge in [-0.1, -0.05) is 0 Å². The second-order valence-corrected chi connectivity index (χ2v) is 8.70. The van der Waals surface area contributed by atoms with Crippen LogP contribution in [0.4, 0.5) is 5.69 Å². The molecule has 0 radical (unpaired) electrons. The van der Waals surface area contributed by atoms with E-state index in [2.05, 4.69) is 25.9 Å². The molecular formula is C23H25N7O. The van der Waals surface area contributed by atoms with Gasteiger partial charge in [-0.05, 0) is 51.4 Å². The molecule has 4 aromatic heterocycles. The smallest absolute Gasteiger partial charge is 0.258 e. The van der Waals surface area contributed by atoms with Gasteiger partial charge in [0.2, 0.25) is 0 Å². The highest BCUT2D eigenvalue weighted by molar-refractivity contribution is 5.66. The quantitative estimate of drug-likeness (QED) is 0.500. The number of anilines is 1. The molecule has 8 heteroatoms. The first-order chi connectivity index (χ1) is 15.0. The fourth-order valence-electron chi connectivity index (χ4n) is 5.05. The van der Waals surface area contributed by atoms with Crippen molar-refractivity contribution in [1.82, 2.24) is 28.9 Å². The van der Waals surface area contributed by atoms with Crippen molar-refractivity contribution in [2.75, 3.05) is 31.1 Å². The van der Waals surface area contributed by atoms with Crippen LogP contribution in [0.15, 0.2) is 41.5 Å². The maximum Gasteiger partial charge on any atom is 0.258 e. The number of fused-ring (bicyclic) bond motifs is 3. The molecule has 0 bridgehead atoms. The van der Waals surface area contributed by atoms with Gasteiger partial charge in [-0.25, -0.2) is 9.50 Å². The molecule has 0 amide bonds. The lowest BCUT2D eigenvalue weighted by Crippen LogP contribution is -2.50. The second kappa shape index (κ2) is 6.88. The molecule has 4 aromatic rings. The summed E-state index contributed by atoms with van der Waals surface area (Å²) in [5.41, 5.74) is 5.61. The summed E-state index contributed by atoms with van der Waals surface area (Å²) in [6, 6.07) is 8.17. The molecule has 2 saturated heterocycles. The lowest BCUT2D eigenvalue weighted by atomic mass is 10.1. The minimum absolute atomic E-state index is 0.0931. The van der Waals surface area contributed by atoms with Crippen molar-refractivity contribution >= 4 is 16.9 Å². The van der Waals surface area contributed by atoms with Gasteiger partial charge >= 0.3 is 0 Å². The summed E-state index contributed by atoms with van der Waals surface area (Å²) >= 11 is 0. The summed E-state index contributed by atoms with van der Waals surface area (Å²) < 4.78 is 3.45. The maximum atomic E-state index is 13.0. The molecule has 0 aliphatic carbocycles. The SMILES string of the molecule is Cc1cn2nc(-c3cc(=O)n4cc(N5CCN6CCCC6C5)ccc4n3)cc2c(C)n1. The first kappa shape index (κ1) is 18.5. The highest BCUT2D eigenvalue weighted by Gasteiger charge is 2.30. The molecule has 2 aliphatic heterocycles. The summed E-state index contributed by atoms with van der Waals surface area (Å²) in [5.74, 6) is 0. The van der Waals surface area contributed by atoms with Gasteiger partial charge in [0.1, 0.15) is 11.3 Å². The van der Waals surface area contributed by atoms with Crippen LogP contribution in [0, 0.1) is 13.8 Å². The zero-order valence-electron chi connectivity index (χ0n) is 17.8. The van der Waals surface area contributed by atoms with Crippen LogP contribution in [-0.4, -0.2) is 61.1 Å². The average molecular weight is 416 g/mol. The number of rotatable bonds is 2. The van der Waals surface area contributed by atoms with E-state index < -0.39 is 0 Å². The number of hydrogen-bond acceptors (Lipinski definition) is 6. The Labute approximate surface area is 179 Å². The average Bonchev–Trinajstić information content (AvgIpc) is 3.40. The zero-order chi connectivity index (χ0) is 21.1. The molecule has 0 N–H and O–H groups in total. The van der Waals surface area contributed by atoms with Crippen molar-refractivity contribution < 1.29 is 0 Å². The molecule has 8 nitrogen and oxygen atoms in total. The highest BCUT2D eigenvalue weighted by Crippen LogP contribution is 2.26. The van der Waals surface area contributed by atoms with E-state index in [-0.39, 0.29) is 5.56 Å². The number of piperazine rings is 1. The lowest BCUT2D eigenvalue weighted by Gasteiger charge is -2.38. The number of pyridine rings is 1. The Hall–Kier alpha value is -3.26. The maximum absolute atomic E-state index is 13.0. The van der Waals surface area contributed by atoms with Gasteiger partial charge in [-0.3, -0.25) is 19.1 Å². The van der Waals surface area contributed by atoms with E-state index >= 15 is 0 Å². The summed E-state index contributed by atoms with van der Waals surface area (Å²) in [7, 11) is 0. The van der Waals surface area contributed by atoms with Crippen molar-refractivity contribution in [3.05, 3.63) is 58.4 Å². The Morgan fingerprint density at radius 3 is 2.81 bits per heavy atom. The van der Waals surface area contributed by atoms with E-state index in [4.69, 9.17) is 4.98 Å². The Morgan fingerprint density at radius 2 is 1.90 bits per heavy atom. The van der Waals surface area contributed by atoms with Gasteiger partial charge < -0.3 is 4.90 Å². The number of aryl methyl sites for hydroxylation is 2. The van der Waals surface area contributed by atoms with Crippen molar-refractivity contribution in [2.24, 2.45) is 0 Å². The van der Waals surface area contributed by atoms with E-state index in [0.29, 0.717) is 23.1 Å². The van der Waals surface area contributed by atoms with Gasteiger partial charge in [0.25, 0.3) is 5.56 Å². The van der Waals surface area contributed by atoms with Crippen LogP contribution in [-0.2, 0) is 0 Å². The number of aromatic nitrogens is 5. The van der Waals surface area contributed by atoms with Crippen LogP contribution in [0.3, 0.4) is 0 Å². The standard InChI is InChI=1S/C23H25N7O/c1-15-12-30-21(16(2)24-15)10-20(26-30)19-11-23(31)29-14-18(5-6-22(29)25-19)28-9-8-27-7-3-4-17(27)13-28/h5-6,10-12,14,17H,3-4,7-9,13H2,1-2H3. The van der Waals surface area contributed by atoms with Crippen LogP contribution in [0.1, 0.15) is 24.2 Å². The van der Waals surface area contributed by atoms with Gasteiger partial charge in [0.15, 0.2) is 0 Å². The first-order valence-electron chi connectivity index (χ1n) is 10.9. The Kier molecular flexibility index (Phi) is 4.11. The van der Waals surface area contributed by atoms with Gasteiger partial charge in [-0.15, -0.1) is 0 Å². The van der Waals surface area contributed by atoms with E-state index in [1.54, 1.807) is 10.5 Å². The number of hydrogen-bond donors (Lipinski definition) is 0. The summed E-state index contributed by atoms with van der Waals surface area (Å²) in [4.78, 5) is 27.2. The van der Waals surface area contributed by atoms with Crippen molar-refractivity contribution in [3.63, 3.8) is 0 Å². The Morgan fingerprint density at radius 1 is 1.00 bits per heavy atom. The minimum Gasteiger partial charge on any atom is -0.367 e. The third-order valence-electron chi connectivity index (χ3n) is 6.62. The van der Waals surface area contributed by atoms with Crippen LogP contribution < -0.4 is 10.5 Å². The van der Waals surface area contributed by atoms with E-state index in [0.717, 1.165) is 42.2 Å². The summed E-state index contributed by atoms with van der Waals surface area (Å²) in [5, 5.41) is 4.63. The zero-order valence-corrected chi connectivity index (χ0v) is 17.8. The molecule has 158 valence electrons. The molecule has 2 fully saturated rings. The highest BCUT2D eigenvalue weighted by atomic mass is 16.1. The molecule has 0 aromatic carbocycles. The largest absolute Gasteiger partial charge is 0.367 e. The molecule has 0 saturated carbocycles. The van der Waals surface area contributed by atoms with E-state index in [1.807, 2.05) is 42.9 Å². The summed E-state index contributed by atoms with van der Waals surface area (Å²) in [6.07, 6.45) is 6.37. The van der Waals surface area contributed by atoms with Crippen LogP contribution in [0.5, 0.6) is 0 Å². The first-order valence-corrected chi connectivity index (χ1v) is 10.9. The van der Waals surface area contributed by atoms with Crippen molar-refractivity contribution in [3.8, 4) is 11.4 Å². The Balaban J connectivity index is 1.37. The van der Waals surface area contributed by atoms with Crippen LogP contribution >= 0.6 is 0 Å². The monoisotopic (exact) mass is 415 g/mol. The second-order valence-electron chi connectivity index (χ2n) is 8.70. The predicted octanol–water partition coefficient (Wildman–Crippen LogP) is 2.31. The molecular weight excluding hydrogens is 390 g/mol. The van der Waals surface area contributed by atoms with E-state index in [9.17, 15) is 4.79 Å². The normalized spacial score (nSPS) is 19.4. The summed E-state index contributed by atoms with van der Waals surface area (Å²) in [6.45, 7) is 8.25.